The summed E-state index contributed by atoms with van der Waals surface area (Å²) in [5.41, 5.74) is 1.66. The van der Waals surface area contributed by atoms with E-state index in [0.29, 0.717) is 43.9 Å². The second-order valence-electron chi connectivity index (χ2n) is 5.65. The van der Waals surface area contributed by atoms with Crippen LogP contribution in [0.25, 0.3) is 6.08 Å². The fraction of sp³-hybridized carbons (Fsp3) is 0.158. The van der Waals surface area contributed by atoms with E-state index in [1.165, 1.54) is 4.90 Å². The lowest BCUT2D eigenvalue weighted by molar-refractivity contribution is -0.122. The standard InChI is InChI=1S/C19H14BrCl2NO3S/c1-2-23-18(24)16(27-19(23)25)9-12-7-14(20)17(15(22)8-12)26-10-11-3-5-13(21)6-4-11/h3-9H,2,10H2,1H3/b16-9+. The summed E-state index contributed by atoms with van der Waals surface area (Å²) in [5.74, 6) is 0.216. The van der Waals surface area contributed by atoms with Crippen molar-refractivity contribution in [2.24, 2.45) is 0 Å². The highest BCUT2D eigenvalue weighted by molar-refractivity contribution is 9.10. The van der Waals surface area contributed by atoms with E-state index in [0.717, 1.165) is 17.3 Å². The first-order valence-electron chi connectivity index (χ1n) is 8.00. The molecule has 0 unspecified atom stereocenters. The SMILES string of the molecule is CCN1C(=O)S/C(=C/c2cc(Cl)c(OCc3ccc(Cl)cc3)c(Br)c2)C1=O. The number of rotatable bonds is 5. The number of nitrogens with zero attached hydrogens (tertiary/aromatic N) is 1. The number of hydrogen-bond acceptors (Lipinski definition) is 4. The van der Waals surface area contributed by atoms with E-state index in [2.05, 4.69) is 15.9 Å². The highest BCUT2D eigenvalue weighted by Crippen LogP contribution is 2.37. The summed E-state index contributed by atoms with van der Waals surface area (Å²) in [5, 5.41) is 0.802. The molecule has 0 spiro atoms. The Morgan fingerprint density at radius 1 is 1.19 bits per heavy atom. The number of ether oxygens (including phenoxy) is 1. The quantitative estimate of drug-likeness (QED) is 0.459. The molecule has 4 nitrogen and oxygen atoms in total. The number of thioether (sulfide) groups is 1. The number of carbonyl (C=O) groups excluding carboxylic acids is 2. The summed E-state index contributed by atoms with van der Waals surface area (Å²) in [6, 6.07) is 10.8. The van der Waals surface area contributed by atoms with Crippen LogP contribution in [0.2, 0.25) is 10.0 Å². The van der Waals surface area contributed by atoms with Crippen molar-refractivity contribution in [1.29, 1.82) is 0 Å². The third-order valence-corrected chi connectivity index (χ3v) is 5.83. The van der Waals surface area contributed by atoms with Crippen LogP contribution in [0.4, 0.5) is 4.79 Å². The average molecular weight is 487 g/mol. The monoisotopic (exact) mass is 485 g/mol. The maximum Gasteiger partial charge on any atom is 0.293 e. The number of imide groups is 1. The van der Waals surface area contributed by atoms with E-state index < -0.39 is 0 Å². The fourth-order valence-corrected chi connectivity index (χ4v) is 4.48. The van der Waals surface area contributed by atoms with Crippen LogP contribution in [0, 0.1) is 0 Å². The lowest BCUT2D eigenvalue weighted by atomic mass is 10.2. The predicted octanol–water partition coefficient (Wildman–Crippen LogP) is 6.39. The molecule has 0 N–H and O–H groups in total. The number of likely N-dealkylation sites (N-methyl/N-ethyl adjacent to an activating group) is 1. The second-order valence-corrected chi connectivity index (χ2v) is 8.35. The van der Waals surface area contributed by atoms with Gasteiger partial charge in [-0.25, -0.2) is 0 Å². The molecule has 2 aromatic rings. The summed E-state index contributed by atoms with van der Waals surface area (Å²) in [6.45, 7) is 2.45. The zero-order valence-electron chi connectivity index (χ0n) is 14.2. The van der Waals surface area contributed by atoms with Gasteiger partial charge in [0.1, 0.15) is 6.61 Å². The molecule has 0 bridgehead atoms. The van der Waals surface area contributed by atoms with Crippen molar-refractivity contribution in [3.05, 3.63) is 66.9 Å². The summed E-state index contributed by atoms with van der Waals surface area (Å²) >= 11 is 16.6. The number of hydrogen-bond donors (Lipinski definition) is 0. The minimum absolute atomic E-state index is 0.262. The molecule has 27 heavy (non-hydrogen) atoms. The number of carbonyl (C=O) groups is 2. The van der Waals surface area contributed by atoms with Crippen LogP contribution in [0.1, 0.15) is 18.1 Å². The molecular weight excluding hydrogens is 473 g/mol. The van der Waals surface area contributed by atoms with Gasteiger partial charge in [0.05, 0.1) is 14.4 Å². The van der Waals surface area contributed by atoms with Crippen LogP contribution in [-0.4, -0.2) is 22.6 Å². The molecule has 0 radical (unpaired) electrons. The summed E-state index contributed by atoms with van der Waals surface area (Å²) in [6.07, 6.45) is 1.65. The predicted molar refractivity (Wildman–Crippen MR) is 113 cm³/mol. The van der Waals surface area contributed by atoms with Crippen LogP contribution >= 0.6 is 50.9 Å². The Bertz CT molecular complexity index is 908. The van der Waals surface area contributed by atoms with E-state index in [4.69, 9.17) is 27.9 Å². The summed E-state index contributed by atoms with van der Waals surface area (Å²) < 4.78 is 6.47. The van der Waals surface area contributed by atoms with Gasteiger partial charge in [-0.1, -0.05) is 35.3 Å². The molecular formula is C19H14BrCl2NO3S. The van der Waals surface area contributed by atoms with Crippen LogP contribution in [0.15, 0.2) is 45.8 Å². The number of amides is 2. The first-order chi connectivity index (χ1) is 12.9. The van der Waals surface area contributed by atoms with Crippen molar-refractivity contribution < 1.29 is 14.3 Å². The Morgan fingerprint density at radius 2 is 1.89 bits per heavy atom. The maximum atomic E-state index is 12.2. The van der Waals surface area contributed by atoms with E-state index in [1.807, 2.05) is 12.1 Å². The molecule has 1 fully saturated rings. The van der Waals surface area contributed by atoms with Gasteiger partial charge in [0, 0.05) is 11.6 Å². The smallest absolute Gasteiger partial charge is 0.293 e. The Labute approximate surface area is 179 Å². The van der Waals surface area contributed by atoms with Crippen molar-refractivity contribution in [2.45, 2.75) is 13.5 Å². The van der Waals surface area contributed by atoms with Gasteiger partial charge in [0.15, 0.2) is 5.75 Å². The van der Waals surface area contributed by atoms with Crippen LogP contribution in [-0.2, 0) is 11.4 Å². The Morgan fingerprint density at radius 3 is 2.48 bits per heavy atom. The van der Waals surface area contributed by atoms with Crippen molar-refractivity contribution in [2.75, 3.05) is 6.54 Å². The van der Waals surface area contributed by atoms with E-state index in [-0.39, 0.29) is 11.1 Å². The highest BCUT2D eigenvalue weighted by atomic mass is 79.9. The minimum Gasteiger partial charge on any atom is -0.486 e. The lowest BCUT2D eigenvalue weighted by Crippen LogP contribution is -2.27. The molecule has 1 aliphatic heterocycles. The van der Waals surface area contributed by atoms with Crippen molar-refractivity contribution >= 4 is 68.1 Å². The number of benzene rings is 2. The largest absolute Gasteiger partial charge is 0.486 e. The minimum atomic E-state index is -0.289. The van der Waals surface area contributed by atoms with Gasteiger partial charge in [-0.15, -0.1) is 0 Å². The van der Waals surface area contributed by atoms with Crippen molar-refractivity contribution in [1.82, 2.24) is 4.90 Å². The molecule has 0 saturated carbocycles. The first kappa shape index (κ1) is 20.3. The normalized spacial score (nSPS) is 15.7. The molecule has 0 aliphatic carbocycles. The molecule has 2 amide bonds. The summed E-state index contributed by atoms with van der Waals surface area (Å²) in [7, 11) is 0. The zero-order valence-corrected chi connectivity index (χ0v) is 18.1. The van der Waals surface area contributed by atoms with Gasteiger partial charge in [-0.05, 0) is 76.1 Å². The van der Waals surface area contributed by atoms with E-state index >= 15 is 0 Å². The van der Waals surface area contributed by atoms with Gasteiger partial charge in [0.25, 0.3) is 11.1 Å². The van der Waals surface area contributed by atoms with Crippen LogP contribution in [0.3, 0.4) is 0 Å². The number of halogens is 3. The molecule has 0 aromatic heterocycles. The van der Waals surface area contributed by atoms with E-state index in [1.54, 1.807) is 37.3 Å². The summed E-state index contributed by atoms with van der Waals surface area (Å²) in [4.78, 5) is 25.6. The van der Waals surface area contributed by atoms with Gasteiger partial charge in [-0.3, -0.25) is 14.5 Å². The molecule has 1 aliphatic rings. The molecule has 3 rings (SSSR count). The lowest BCUT2D eigenvalue weighted by Gasteiger charge is -2.11. The topological polar surface area (TPSA) is 46.6 Å². The molecule has 140 valence electrons. The average Bonchev–Trinajstić information content (AvgIpc) is 2.88. The van der Waals surface area contributed by atoms with Crippen LogP contribution < -0.4 is 4.74 Å². The molecule has 1 heterocycles. The van der Waals surface area contributed by atoms with Gasteiger partial charge >= 0.3 is 0 Å². The molecule has 2 aromatic carbocycles. The van der Waals surface area contributed by atoms with Crippen molar-refractivity contribution in [3.8, 4) is 5.75 Å². The molecule has 1 saturated heterocycles. The van der Waals surface area contributed by atoms with Crippen molar-refractivity contribution in [3.63, 3.8) is 0 Å². The third kappa shape index (κ3) is 4.69. The molecule has 0 atom stereocenters. The Balaban J connectivity index is 1.79. The van der Waals surface area contributed by atoms with Gasteiger partial charge in [-0.2, -0.15) is 0 Å². The maximum absolute atomic E-state index is 12.2. The Hall–Kier alpha value is -1.47. The van der Waals surface area contributed by atoms with Crippen LogP contribution in [0.5, 0.6) is 5.75 Å². The zero-order chi connectivity index (χ0) is 19.6. The third-order valence-electron chi connectivity index (χ3n) is 3.80. The first-order valence-corrected chi connectivity index (χ1v) is 10.4. The highest BCUT2D eigenvalue weighted by Gasteiger charge is 2.33. The van der Waals surface area contributed by atoms with Gasteiger partial charge in [0.2, 0.25) is 0 Å². The fourth-order valence-electron chi connectivity index (χ4n) is 2.46. The van der Waals surface area contributed by atoms with Gasteiger partial charge < -0.3 is 4.74 Å². The van der Waals surface area contributed by atoms with E-state index in [9.17, 15) is 9.59 Å². The second kappa shape index (κ2) is 8.69. The molecule has 8 heteroatoms. The Kier molecular flexibility index (Phi) is 6.52.